The number of aromatic nitrogens is 4. The largest absolute Gasteiger partial charge is 0.490 e. The molecule has 0 spiro atoms. The Kier molecular flexibility index (Phi) is 13.6. The number of hydrogen-bond donors (Lipinski definition) is 3. The molecule has 3 aliphatic heterocycles. The topological polar surface area (TPSA) is 172 Å². The maximum atomic E-state index is 16.1. The molecule has 3 aliphatic rings. The molecule has 8 rings (SSSR count). The number of anilines is 4. The van der Waals surface area contributed by atoms with E-state index in [9.17, 15) is 18.0 Å². The fraction of sp³-hybridized carbons (Fsp3) is 0.447. The number of benzene rings is 2. The summed E-state index contributed by atoms with van der Waals surface area (Å²) in [6, 6.07) is 18.2. The number of thiazole rings is 1. The van der Waals surface area contributed by atoms with Gasteiger partial charge in [-0.3, -0.25) is 19.6 Å². The van der Waals surface area contributed by atoms with Gasteiger partial charge in [0.1, 0.15) is 17.7 Å². The number of nitrogens with one attached hydrogen (secondary N) is 3. The molecule has 6 heterocycles. The van der Waals surface area contributed by atoms with Crippen LogP contribution < -0.4 is 25.0 Å². The highest BCUT2D eigenvalue weighted by Gasteiger charge is 2.31. The molecule has 0 saturated carbocycles. The molecular formula is C47H56FN9O5S2. The number of carbonyl (C=O) groups excluding carboxylic acids is 2. The molecule has 5 aromatic rings. The third-order valence-corrected chi connectivity index (χ3v) is 14.9. The van der Waals surface area contributed by atoms with Gasteiger partial charge >= 0.3 is 0 Å². The van der Waals surface area contributed by atoms with Crippen LogP contribution in [0.1, 0.15) is 89.1 Å². The lowest BCUT2D eigenvalue weighted by Crippen LogP contribution is -2.39. The van der Waals surface area contributed by atoms with Crippen molar-refractivity contribution in [2.24, 2.45) is 5.92 Å². The summed E-state index contributed by atoms with van der Waals surface area (Å²) in [4.78, 5) is 48.3. The highest BCUT2D eigenvalue weighted by molar-refractivity contribution is 7.92. The second-order valence-electron chi connectivity index (χ2n) is 18.0. The van der Waals surface area contributed by atoms with Crippen LogP contribution in [0.5, 0.6) is 5.75 Å². The minimum absolute atomic E-state index is 0.102. The highest BCUT2D eigenvalue weighted by Crippen LogP contribution is 2.42. The molecule has 0 unspecified atom stereocenters. The molecule has 14 nitrogen and oxygen atoms in total. The summed E-state index contributed by atoms with van der Waals surface area (Å²) < 4.78 is 50.1. The SMILES string of the molecule is CCCS(=O)(=O)Nc1cccc(-c2nc(C(C)(C)C)sc2-c2ccnc(Nc3cccc(OC4CCN(CC[C@H]5CCN(c6ccc([C@@H]7CCC(=O)NC7=O)cn6)C5)CC4)c3)n2)c1F. The van der Waals surface area contributed by atoms with Crippen molar-refractivity contribution in [3.8, 4) is 27.6 Å². The van der Waals surface area contributed by atoms with E-state index in [1.165, 1.54) is 17.4 Å². The van der Waals surface area contributed by atoms with Gasteiger partial charge in [0.05, 0.1) is 38.6 Å². The molecule has 3 fully saturated rings. The van der Waals surface area contributed by atoms with Gasteiger partial charge in [0, 0.05) is 67.7 Å². The van der Waals surface area contributed by atoms with Crippen LogP contribution in [0.15, 0.2) is 73.1 Å². The summed E-state index contributed by atoms with van der Waals surface area (Å²) in [7, 11) is -3.72. The van der Waals surface area contributed by atoms with Crippen LogP contribution in [-0.2, 0) is 25.0 Å². The van der Waals surface area contributed by atoms with E-state index in [0.29, 0.717) is 47.4 Å². The van der Waals surface area contributed by atoms with E-state index in [2.05, 4.69) is 30.1 Å². The highest BCUT2D eigenvalue weighted by atomic mass is 32.2. The van der Waals surface area contributed by atoms with E-state index in [-0.39, 0.29) is 46.3 Å². The van der Waals surface area contributed by atoms with Gasteiger partial charge in [-0.1, -0.05) is 45.9 Å². The molecule has 3 N–H and O–H groups in total. The summed E-state index contributed by atoms with van der Waals surface area (Å²) in [5, 5.41) is 6.54. The van der Waals surface area contributed by atoms with Gasteiger partial charge in [0.25, 0.3) is 0 Å². The van der Waals surface area contributed by atoms with Gasteiger partial charge in [-0.2, -0.15) is 0 Å². The molecule has 3 aromatic heterocycles. The second-order valence-corrected chi connectivity index (χ2v) is 20.8. The van der Waals surface area contributed by atoms with Crippen molar-refractivity contribution in [3.63, 3.8) is 0 Å². The van der Waals surface area contributed by atoms with E-state index in [1.807, 2.05) is 57.2 Å². The van der Waals surface area contributed by atoms with Crippen molar-refractivity contribution in [3.05, 3.63) is 89.4 Å². The lowest BCUT2D eigenvalue weighted by Gasteiger charge is -2.32. The number of halogens is 1. The summed E-state index contributed by atoms with van der Waals surface area (Å²) >= 11 is 1.42. The number of sulfonamides is 1. The number of piperidine rings is 2. The van der Waals surface area contributed by atoms with Gasteiger partial charge in [-0.15, -0.1) is 11.3 Å². The minimum atomic E-state index is -3.72. The first-order valence-corrected chi connectivity index (χ1v) is 24.6. The molecule has 3 saturated heterocycles. The second kappa shape index (κ2) is 19.3. The third-order valence-electron chi connectivity index (χ3n) is 12.0. The first-order valence-electron chi connectivity index (χ1n) is 22.2. The number of hydrogen-bond acceptors (Lipinski definition) is 13. The third kappa shape index (κ3) is 10.9. The molecule has 17 heteroatoms. The first-order chi connectivity index (χ1) is 30.7. The van der Waals surface area contributed by atoms with Gasteiger partial charge in [-0.25, -0.2) is 32.7 Å². The van der Waals surface area contributed by atoms with Crippen LogP contribution in [0.2, 0.25) is 0 Å². The summed E-state index contributed by atoms with van der Waals surface area (Å²) in [5.41, 5.74) is 2.26. The standard InChI is InChI=1S/C47H56FN9O5S2/c1-5-26-64(60,61)55-37-11-7-10-36(41(37)48)42-43(63-45(54-42)47(2,3)4)38-16-21-49-46(52-38)51-32-8-6-9-34(27-32)62-33-19-23-56(24-20-33)22-17-30-18-25-57(29-30)39-14-12-31(28-50-39)35-13-15-40(58)53-44(35)59/h6-12,14,16,21,27-28,30,33,35,55H,5,13,15,17-20,22-26,29H2,1-4H3,(H,49,51,52)(H,53,58,59)/t30-,35-/m0/s1. The zero-order chi connectivity index (χ0) is 45.0. The molecule has 0 bridgehead atoms. The zero-order valence-corrected chi connectivity index (χ0v) is 38.4. The van der Waals surface area contributed by atoms with E-state index in [1.54, 1.807) is 37.5 Å². The minimum Gasteiger partial charge on any atom is -0.490 e. The van der Waals surface area contributed by atoms with Crippen molar-refractivity contribution in [1.82, 2.24) is 30.2 Å². The van der Waals surface area contributed by atoms with Crippen LogP contribution in [-0.4, -0.2) is 89.6 Å². The number of nitrogens with zero attached hydrogens (tertiary/aromatic N) is 6. The van der Waals surface area contributed by atoms with Gasteiger partial charge in [0.15, 0.2) is 5.82 Å². The van der Waals surface area contributed by atoms with Crippen LogP contribution in [0, 0.1) is 11.7 Å². The summed E-state index contributed by atoms with van der Waals surface area (Å²) in [6.45, 7) is 12.8. The monoisotopic (exact) mass is 909 g/mol. The van der Waals surface area contributed by atoms with E-state index in [4.69, 9.17) is 19.7 Å². The van der Waals surface area contributed by atoms with Crippen molar-refractivity contribution in [2.75, 3.05) is 53.4 Å². The van der Waals surface area contributed by atoms with E-state index in [0.717, 1.165) is 86.2 Å². The first kappa shape index (κ1) is 45.1. The number of carbonyl (C=O) groups is 2. The lowest BCUT2D eigenvalue weighted by atomic mass is 9.92. The van der Waals surface area contributed by atoms with Crippen LogP contribution in [0.4, 0.5) is 27.5 Å². The number of likely N-dealkylation sites (tertiary alicyclic amines) is 1. The quantitative estimate of drug-likeness (QED) is 0.0861. The van der Waals surface area contributed by atoms with Crippen molar-refractivity contribution in [2.45, 2.75) is 90.1 Å². The molecule has 2 amide bonds. The van der Waals surface area contributed by atoms with Crippen molar-refractivity contribution < 1.29 is 27.1 Å². The molecular weight excluding hydrogens is 854 g/mol. The average Bonchev–Trinajstić information content (AvgIpc) is 3.94. The van der Waals surface area contributed by atoms with Gasteiger partial charge in [0.2, 0.25) is 27.8 Å². The molecule has 0 aliphatic carbocycles. The normalized spacial score (nSPS) is 18.9. The fourth-order valence-corrected chi connectivity index (χ4v) is 10.7. The lowest BCUT2D eigenvalue weighted by molar-refractivity contribution is -0.134. The van der Waals surface area contributed by atoms with Crippen LogP contribution in [0.25, 0.3) is 21.8 Å². The maximum Gasteiger partial charge on any atom is 0.234 e. The van der Waals surface area contributed by atoms with E-state index >= 15 is 4.39 Å². The fourth-order valence-electron chi connectivity index (χ4n) is 8.49. The maximum absolute atomic E-state index is 16.1. The Bertz CT molecular complexity index is 2580. The number of amides is 2. The Balaban J connectivity index is 0.848. The molecule has 64 heavy (non-hydrogen) atoms. The number of rotatable bonds is 15. The number of imide groups is 1. The average molecular weight is 910 g/mol. The predicted molar refractivity (Wildman–Crippen MR) is 249 cm³/mol. The predicted octanol–water partition coefficient (Wildman–Crippen LogP) is 8.27. The van der Waals surface area contributed by atoms with Crippen LogP contribution >= 0.6 is 11.3 Å². The number of pyridine rings is 1. The molecule has 0 radical (unpaired) electrons. The summed E-state index contributed by atoms with van der Waals surface area (Å²) in [6.07, 6.45) is 8.95. The molecule has 2 atom stereocenters. The Morgan fingerprint density at radius 2 is 1.78 bits per heavy atom. The van der Waals surface area contributed by atoms with E-state index < -0.39 is 15.8 Å². The Labute approximate surface area is 378 Å². The van der Waals surface area contributed by atoms with Crippen molar-refractivity contribution in [1.29, 1.82) is 0 Å². The zero-order valence-electron chi connectivity index (χ0n) is 36.8. The Morgan fingerprint density at radius 1 is 0.969 bits per heavy atom. The number of ether oxygens (including phenoxy) is 1. The Morgan fingerprint density at radius 3 is 2.53 bits per heavy atom. The summed E-state index contributed by atoms with van der Waals surface area (Å²) in [5.74, 6) is 1.06. The Hall–Kier alpha value is -5.52. The smallest absolute Gasteiger partial charge is 0.234 e. The van der Waals surface area contributed by atoms with Crippen molar-refractivity contribution >= 4 is 56.3 Å². The van der Waals surface area contributed by atoms with Gasteiger partial charge < -0.3 is 19.9 Å². The van der Waals surface area contributed by atoms with Gasteiger partial charge in [-0.05, 0) is 92.9 Å². The molecule has 338 valence electrons. The van der Waals surface area contributed by atoms with Crippen LogP contribution in [0.3, 0.4) is 0 Å². The molecule has 2 aromatic carbocycles.